The Hall–Kier alpha value is -0.0800. The van der Waals surface area contributed by atoms with Crippen LogP contribution in [0, 0.1) is 0 Å². The molecule has 0 radical (unpaired) electrons. The molecule has 2 nitrogen and oxygen atoms in total. The Morgan fingerprint density at radius 2 is 1.64 bits per heavy atom. The lowest BCUT2D eigenvalue weighted by Gasteiger charge is -2.26. The van der Waals surface area contributed by atoms with Crippen molar-refractivity contribution in [2.24, 2.45) is 0 Å². The number of rotatable bonds is 6. The van der Waals surface area contributed by atoms with Gasteiger partial charge in [0.15, 0.2) is 0 Å². The predicted octanol–water partition coefficient (Wildman–Crippen LogP) is 1.96. The van der Waals surface area contributed by atoms with E-state index in [9.17, 15) is 5.11 Å². The lowest BCUT2D eigenvalue weighted by Crippen LogP contribution is -2.33. The van der Waals surface area contributed by atoms with Crippen LogP contribution in [0.25, 0.3) is 0 Å². The molecule has 0 spiro atoms. The van der Waals surface area contributed by atoms with E-state index in [1.54, 1.807) is 7.11 Å². The number of aliphatic hydroxyl groups is 1. The van der Waals surface area contributed by atoms with Gasteiger partial charge in [-0.15, -0.1) is 0 Å². The van der Waals surface area contributed by atoms with Gasteiger partial charge in [0.25, 0.3) is 0 Å². The van der Waals surface area contributed by atoms with Crippen LogP contribution in [0.1, 0.15) is 39.5 Å². The quantitative estimate of drug-likeness (QED) is 0.643. The van der Waals surface area contributed by atoms with Gasteiger partial charge in [-0.05, 0) is 12.8 Å². The van der Waals surface area contributed by atoms with Gasteiger partial charge in [0.1, 0.15) is 0 Å². The number of hydrogen-bond acceptors (Lipinski definition) is 2. The molecule has 1 N–H and O–H groups in total. The Bertz CT molecular complexity index is 74.5. The van der Waals surface area contributed by atoms with Crippen molar-refractivity contribution in [3.63, 3.8) is 0 Å². The first-order valence-corrected chi connectivity index (χ1v) is 4.40. The maximum atomic E-state index is 9.89. The summed E-state index contributed by atoms with van der Waals surface area (Å²) >= 11 is 0. The van der Waals surface area contributed by atoms with Crippen LogP contribution in [0.3, 0.4) is 0 Å². The standard InChI is InChI=1S/C9H20O2/c1-4-6-9(10,7-5-2)8-11-3/h10H,4-8H2,1-3H3. The first-order valence-electron chi connectivity index (χ1n) is 4.40. The van der Waals surface area contributed by atoms with Crippen LogP contribution in [-0.2, 0) is 4.74 Å². The van der Waals surface area contributed by atoms with Crippen molar-refractivity contribution in [3.05, 3.63) is 0 Å². The second-order valence-corrected chi connectivity index (χ2v) is 3.16. The van der Waals surface area contributed by atoms with Crippen molar-refractivity contribution in [2.45, 2.75) is 45.1 Å². The molecule has 0 amide bonds. The number of ether oxygens (including phenoxy) is 1. The average molecular weight is 160 g/mol. The Balaban J connectivity index is 3.79. The van der Waals surface area contributed by atoms with Crippen molar-refractivity contribution in [3.8, 4) is 0 Å². The van der Waals surface area contributed by atoms with Gasteiger partial charge in [-0.1, -0.05) is 26.7 Å². The molecule has 0 aromatic carbocycles. The Morgan fingerprint density at radius 3 is 1.91 bits per heavy atom. The molecule has 0 saturated heterocycles. The Labute approximate surface area is 69.6 Å². The van der Waals surface area contributed by atoms with E-state index < -0.39 is 5.60 Å². The predicted molar refractivity (Wildman–Crippen MR) is 46.6 cm³/mol. The van der Waals surface area contributed by atoms with Crippen LogP contribution in [0.4, 0.5) is 0 Å². The van der Waals surface area contributed by atoms with Crippen molar-refractivity contribution >= 4 is 0 Å². The van der Waals surface area contributed by atoms with Gasteiger partial charge in [-0.2, -0.15) is 0 Å². The number of hydrogen-bond donors (Lipinski definition) is 1. The highest BCUT2D eigenvalue weighted by atomic mass is 16.5. The summed E-state index contributed by atoms with van der Waals surface area (Å²) in [4.78, 5) is 0. The first kappa shape index (κ1) is 10.9. The van der Waals surface area contributed by atoms with Crippen LogP contribution in [0.2, 0.25) is 0 Å². The van der Waals surface area contributed by atoms with E-state index in [1.807, 2.05) is 0 Å². The van der Waals surface area contributed by atoms with E-state index in [2.05, 4.69) is 13.8 Å². The Kier molecular flexibility index (Phi) is 5.51. The van der Waals surface area contributed by atoms with E-state index in [1.165, 1.54) is 0 Å². The molecule has 11 heavy (non-hydrogen) atoms. The average Bonchev–Trinajstić information content (AvgIpc) is 1.88. The topological polar surface area (TPSA) is 29.5 Å². The van der Waals surface area contributed by atoms with Gasteiger partial charge < -0.3 is 9.84 Å². The smallest absolute Gasteiger partial charge is 0.0879 e. The van der Waals surface area contributed by atoms with Gasteiger partial charge in [-0.25, -0.2) is 0 Å². The molecule has 0 atom stereocenters. The SMILES string of the molecule is CCCC(O)(CCC)COC. The highest BCUT2D eigenvalue weighted by Gasteiger charge is 2.23. The summed E-state index contributed by atoms with van der Waals surface area (Å²) in [6.07, 6.45) is 3.71. The van der Waals surface area contributed by atoms with E-state index in [0.717, 1.165) is 25.7 Å². The van der Waals surface area contributed by atoms with E-state index in [-0.39, 0.29) is 0 Å². The molecule has 0 heterocycles. The third-order valence-corrected chi connectivity index (χ3v) is 1.84. The maximum Gasteiger partial charge on any atom is 0.0879 e. The molecule has 0 aromatic heterocycles. The third kappa shape index (κ3) is 4.38. The maximum absolute atomic E-state index is 9.89. The van der Waals surface area contributed by atoms with Crippen LogP contribution in [-0.4, -0.2) is 24.4 Å². The Morgan fingerprint density at radius 1 is 1.18 bits per heavy atom. The molecular weight excluding hydrogens is 140 g/mol. The minimum absolute atomic E-state index is 0.467. The van der Waals surface area contributed by atoms with Crippen LogP contribution >= 0.6 is 0 Å². The molecule has 0 aliphatic carbocycles. The lowest BCUT2D eigenvalue weighted by atomic mass is 9.94. The molecule has 0 bridgehead atoms. The molecule has 2 heteroatoms. The highest BCUT2D eigenvalue weighted by molar-refractivity contribution is 4.76. The lowest BCUT2D eigenvalue weighted by molar-refractivity contribution is -0.0439. The normalized spacial score (nSPS) is 12.0. The molecule has 0 fully saturated rings. The van der Waals surface area contributed by atoms with Crippen LogP contribution < -0.4 is 0 Å². The minimum Gasteiger partial charge on any atom is -0.387 e. The van der Waals surface area contributed by atoms with Gasteiger partial charge >= 0.3 is 0 Å². The fourth-order valence-corrected chi connectivity index (χ4v) is 1.47. The molecule has 0 aromatic rings. The second kappa shape index (κ2) is 5.56. The first-order chi connectivity index (χ1) is 5.18. The molecule has 68 valence electrons. The van der Waals surface area contributed by atoms with Gasteiger partial charge in [0, 0.05) is 7.11 Å². The van der Waals surface area contributed by atoms with Crippen LogP contribution in [0.5, 0.6) is 0 Å². The fraction of sp³-hybridized carbons (Fsp3) is 1.00. The number of methoxy groups -OCH3 is 1. The summed E-state index contributed by atoms with van der Waals surface area (Å²) < 4.78 is 4.96. The summed E-state index contributed by atoms with van der Waals surface area (Å²) in [6, 6.07) is 0. The molecule has 0 saturated carbocycles. The third-order valence-electron chi connectivity index (χ3n) is 1.84. The van der Waals surface area contributed by atoms with E-state index in [4.69, 9.17) is 4.74 Å². The van der Waals surface area contributed by atoms with Gasteiger partial charge in [0.2, 0.25) is 0 Å². The largest absolute Gasteiger partial charge is 0.387 e. The van der Waals surface area contributed by atoms with Crippen molar-refractivity contribution < 1.29 is 9.84 Å². The summed E-state index contributed by atoms with van der Waals surface area (Å²) in [6.45, 7) is 4.63. The fourth-order valence-electron chi connectivity index (χ4n) is 1.47. The summed E-state index contributed by atoms with van der Waals surface area (Å²) in [5.41, 5.74) is -0.571. The van der Waals surface area contributed by atoms with Crippen molar-refractivity contribution in [2.75, 3.05) is 13.7 Å². The van der Waals surface area contributed by atoms with Crippen molar-refractivity contribution in [1.82, 2.24) is 0 Å². The monoisotopic (exact) mass is 160 g/mol. The van der Waals surface area contributed by atoms with Gasteiger partial charge in [-0.3, -0.25) is 0 Å². The van der Waals surface area contributed by atoms with E-state index >= 15 is 0 Å². The zero-order chi connectivity index (χ0) is 8.74. The van der Waals surface area contributed by atoms with E-state index in [0.29, 0.717) is 6.61 Å². The summed E-state index contributed by atoms with van der Waals surface area (Å²) in [5, 5.41) is 9.89. The molecule has 0 rings (SSSR count). The summed E-state index contributed by atoms with van der Waals surface area (Å²) in [5.74, 6) is 0. The van der Waals surface area contributed by atoms with Gasteiger partial charge in [0.05, 0.1) is 12.2 Å². The molecule has 0 aliphatic heterocycles. The molecule has 0 unspecified atom stereocenters. The zero-order valence-corrected chi connectivity index (χ0v) is 7.89. The van der Waals surface area contributed by atoms with Crippen LogP contribution in [0.15, 0.2) is 0 Å². The zero-order valence-electron chi connectivity index (χ0n) is 7.89. The molecule has 0 aliphatic rings. The highest BCUT2D eigenvalue weighted by Crippen LogP contribution is 2.19. The minimum atomic E-state index is -0.571. The second-order valence-electron chi connectivity index (χ2n) is 3.16. The van der Waals surface area contributed by atoms with Crippen molar-refractivity contribution in [1.29, 1.82) is 0 Å². The molecular formula is C9H20O2. The summed E-state index contributed by atoms with van der Waals surface area (Å²) in [7, 11) is 1.64.